The van der Waals surface area contributed by atoms with E-state index >= 15 is 0 Å². The van der Waals surface area contributed by atoms with Gasteiger partial charge in [0.2, 0.25) is 5.91 Å². The van der Waals surface area contributed by atoms with Crippen LogP contribution in [0.3, 0.4) is 0 Å². The van der Waals surface area contributed by atoms with E-state index in [1.54, 1.807) is 12.1 Å². The molecule has 0 fully saturated rings. The number of nitrogens with zero attached hydrogens (tertiary/aromatic N) is 1. The first-order valence-electron chi connectivity index (χ1n) is 3.83. The SMILES string of the molecule is CC(=O)Nc1cc(C)cc(C=O)n1. The lowest BCUT2D eigenvalue weighted by atomic mass is 10.2. The van der Waals surface area contributed by atoms with E-state index in [2.05, 4.69) is 10.3 Å². The number of hydrogen-bond acceptors (Lipinski definition) is 3. The normalized spacial score (nSPS) is 9.38. The quantitative estimate of drug-likeness (QED) is 0.691. The number of aromatic nitrogens is 1. The maximum absolute atomic E-state index is 10.7. The molecule has 4 nitrogen and oxygen atoms in total. The van der Waals surface area contributed by atoms with Crippen LogP contribution in [-0.2, 0) is 4.79 Å². The number of amides is 1. The van der Waals surface area contributed by atoms with Gasteiger partial charge in [0, 0.05) is 6.92 Å². The Labute approximate surface area is 76.0 Å². The predicted molar refractivity (Wildman–Crippen MR) is 48.7 cm³/mol. The van der Waals surface area contributed by atoms with E-state index in [0.717, 1.165) is 5.56 Å². The average molecular weight is 178 g/mol. The van der Waals surface area contributed by atoms with Gasteiger partial charge in [-0.05, 0) is 24.6 Å². The van der Waals surface area contributed by atoms with Crippen LogP contribution in [0.1, 0.15) is 23.0 Å². The molecule has 1 aromatic rings. The van der Waals surface area contributed by atoms with E-state index in [1.165, 1.54) is 6.92 Å². The summed E-state index contributed by atoms with van der Waals surface area (Å²) >= 11 is 0. The van der Waals surface area contributed by atoms with E-state index in [0.29, 0.717) is 17.8 Å². The van der Waals surface area contributed by atoms with Crippen molar-refractivity contribution in [1.29, 1.82) is 0 Å². The molecule has 0 spiro atoms. The number of carbonyl (C=O) groups is 2. The molecule has 68 valence electrons. The molecule has 0 aliphatic heterocycles. The van der Waals surface area contributed by atoms with Crippen LogP contribution in [0.2, 0.25) is 0 Å². The number of carbonyl (C=O) groups excluding carboxylic acids is 2. The fourth-order valence-corrected chi connectivity index (χ4v) is 0.999. The third-order valence-electron chi connectivity index (χ3n) is 1.41. The summed E-state index contributed by atoms with van der Waals surface area (Å²) in [5, 5.41) is 2.51. The molecule has 13 heavy (non-hydrogen) atoms. The molecule has 1 aromatic heterocycles. The number of pyridine rings is 1. The van der Waals surface area contributed by atoms with Crippen LogP contribution in [0.5, 0.6) is 0 Å². The predicted octanol–water partition coefficient (Wildman–Crippen LogP) is 1.16. The van der Waals surface area contributed by atoms with Crippen LogP contribution < -0.4 is 5.32 Å². The Bertz CT molecular complexity index is 347. The first kappa shape index (κ1) is 9.38. The third-order valence-corrected chi connectivity index (χ3v) is 1.41. The highest BCUT2D eigenvalue weighted by Gasteiger charge is 2.00. The molecule has 0 atom stereocenters. The lowest BCUT2D eigenvalue weighted by Gasteiger charge is -2.02. The Morgan fingerprint density at radius 1 is 1.54 bits per heavy atom. The standard InChI is InChI=1S/C9H10N2O2/c1-6-3-8(5-12)11-9(4-6)10-7(2)13/h3-5H,1-2H3,(H,10,11,13). The largest absolute Gasteiger partial charge is 0.311 e. The van der Waals surface area contributed by atoms with Gasteiger partial charge in [0.05, 0.1) is 0 Å². The number of anilines is 1. The van der Waals surface area contributed by atoms with Gasteiger partial charge in [0.15, 0.2) is 6.29 Å². The van der Waals surface area contributed by atoms with Crippen LogP contribution >= 0.6 is 0 Å². The van der Waals surface area contributed by atoms with E-state index in [4.69, 9.17) is 0 Å². The minimum absolute atomic E-state index is 0.199. The fraction of sp³-hybridized carbons (Fsp3) is 0.222. The lowest BCUT2D eigenvalue weighted by molar-refractivity contribution is -0.114. The van der Waals surface area contributed by atoms with Crippen molar-refractivity contribution >= 4 is 18.0 Å². The van der Waals surface area contributed by atoms with Crippen molar-refractivity contribution in [3.8, 4) is 0 Å². The van der Waals surface area contributed by atoms with Gasteiger partial charge in [-0.1, -0.05) is 0 Å². The molecule has 1 rings (SSSR count). The van der Waals surface area contributed by atoms with Crippen molar-refractivity contribution in [2.24, 2.45) is 0 Å². The van der Waals surface area contributed by atoms with Crippen molar-refractivity contribution < 1.29 is 9.59 Å². The minimum Gasteiger partial charge on any atom is -0.311 e. The molecule has 0 aliphatic rings. The van der Waals surface area contributed by atoms with E-state index < -0.39 is 0 Å². The van der Waals surface area contributed by atoms with Crippen molar-refractivity contribution in [3.05, 3.63) is 23.4 Å². The van der Waals surface area contributed by atoms with Gasteiger partial charge in [-0.15, -0.1) is 0 Å². The first-order valence-corrected chi connectivity index (χ1v) is 3.83. The Morgan fingerprint density at radius 3 is 2.77 bits per heavy atom. The van der Waals surface area contributed by atoms with Crippen LogP contribution in [0.4, 0.5) is 5.82 Å². The van der Waals surface area contributed by atoms with Crippen LogP contribution in [-0.4, -0.2) is 17.2 Å². The zero-order valence-corrected chi connectivity index (χ0v) is 7.50. The first-order chi connectivity index (χ1) is 6.11. The Morgan fingerprint density at radius 2 is 2.23 bits per heavy atom. The Kier molecular flexibility index (Phi) is 2.74. The molecular formula is C9H10N2O2. The molecule has 0 bridgehead atoms. The summed E-state index contributed by atoms with van der Waals surface area (Å²) in [5.74, 6) is 0.213. The van der Waals surface area contributed by atoms with Crippen LogP contribution in [0.25, 0.3) is 0 Å². The van der Waals surface area contributed by atoms with Gasteiger partial charge in [-0.2, -0.15) is 0 Å². The van der Waals surface area contributed by atoms with Gasteiger partial charge in [0.25, 0.3) is 0 Å². The molecular weight excluding hydrogens is 168 g/mol. The topological polar surface area (TPSA) is 59.1 Å². The van der Waals surface area contributed by atoms with Crippen LogP contribution in [0.15, 0.2) is 12.1 Å². The second-order valence-electron chi connectivity index (χ2n) is 2.75. The highest BCUT2D eigenvalue weighted by Crippen LogP contribution is 2.07. The smallest absolute Gasteiger partial charge is 0.222 e. The average Bonchev–Trinajstić information content (AvgIpc) is 2.01. The summed E-state index contributed by atoms with van der Waals surface area (Å²) < 4.78 is 0. The number of rotatable bonds is 2. The van der Waals surface area contributed by atoms with E-state index in [1.807, 2.05) is 6.92 Å². The van der Waals surface area contributed by atoms with Gasteiger partial charge < -0.3 is 5.32 Å². The molecule has 1 heterocycles. The number of nitrogens with one attached hydrogen (secondary N) is 1. The zero-order chi connectivity index (χ0) is 9.84. The second kappa shape index (κ2) is 3.80. The fourth-order valence-electron chi connectivity index (χ4n) is 0.999. The highest BCUT2D eigenvalue weighted by atomic mass is 16.1. The number of aldehydes is 1. The monoisotopic (exact) mass is 178 g/mol. The maximum Gasteiger partial charge on any atom is 0.222 e. The molecule has 0 unspecified atom stereocenters. The zero-order valence-electron chi connectivity index (χ0n) is 7.50. The van der Waals surface area contributed by atoms with Crippen molar-refractivity contribution in [3.63, 3.8) is 0 Å². The summed E-state index contributed by atoms with van der Waals surface area (Å²) in [6.45, 7) is 3.23. The summed E-state index contributed by atoms with van der Waals surface area (Å²) in [6, 6.07) is 3.35. The van der Waals surface area contributed by atoms with Gasteiger partial charge in [-0.25, -0.2) is 4.98 Å². The summed E-state index contributed by atoms with van der Waals surface area (Å²) in [7, 11) is 0. The van der Waals surface area contributed by atoms with Crippen molar-refractivity contribution in [2.75, 3.05) is 5.32 Å². The van der Waals surface area contributed by atoms with Crippen molar-refractivity contribution in [2.45, 2.75) is 13.8 Å². The number of aryl methyl sites for hydroxylation is 1. The number of hydrogen-bond donors (Lipinski definition) is 1. The molecule has 0 radical (unpaired) electrons. The minimum atomic E-state index is -0.199. The summed E-state index contributed by atoms with van der Waals surface area (Å²) in [6.07, 6.45) is 0.651. The molecule has 0 aliphatic carbocycles. The van der Waals surface area contributed by atoms with Crippen LogP contribution in [0, 0.1) is 6.92 Å². The molecule has 0 saturated heterocycles. The Balaban J connectivity index is 3.01. The van der Waals surface area contributed by atoms with E-state index in [-0.39, 0.29) is 5.91 Å². The molecule has 4 heteroatoms. The third kappa shape index (κ3) is 2.66. The molecule has 0 saturated carbocycles. The van der Waals surface area contributed by atoms with Crippen molar-refractivity contribution in [1.82, 2.24) is 4.98 Å². The highest BCUT2D eigenvalue weighted by molar-refractivity contribution is 5.88. The van der Waals surface area contributed by atoms with Gasteiger partial charge >= 0.3 is 0 Å². The maximum atomic E-state index is 10.7. The summed E-state index contributed by atoms with van der Waals surface area (Å²) in [5.41, 5.74) is 1.21. The summed E-state index contributed by atoms with van der Waals surface area (Å²) in [4.78, 5) is 25.0. The molecule has 0 aromatic carbocycles. The second-order valence-corrected chi connectivity index (χ2v) is 2.75. The molecule has 1 amide bonds. The van der Waals surface area contributed by atoms with Gasteiger partial charge in [-0.3, -0.25) is 9.59 Å². The molecule has 1 N–H and O–H groups in total. The Hall–Kier alpha value is -1.71. The van der Waals surface area contributed by atoms with Gasteiger partial charge in [0.1, 0.15) is 11.5 Å². The van der Waals surface area contributed by atoms with E-state index in [9.17, 15) is 9.59 Å². The lowest BCUT2D eigenvalue weighted by Crippen LogP contribution is -2.08.